The van der Waals surface area contributed by atoms with Gasteiger partial charge in [-0.05, 0) is 0 Å². The Morgan fingerprint density at radius 2 is 2.09 bits per heavy atom. The second-order valence-corrected chi connectivity index (χ2v) is 2.43. The zero-order chi connectivity index (χ0) is 7.98. The Balaban J connectivity index is 0. The minimum Gasteiger partial charge on any atom is -0.469 e. The number of methoxy groups -OCH3 is 1. The lowest BCUT2D eigenvalue weighted by atomic mass is 10.3. The van der Waals surface area contributed by atoms with Gasteiger partial charge in [0.15, 0.2) is 0 Å². The fourth-order valence-corrected chi connectivity index (χ4v) is 0.565. The monoisotopic (exact) mass is 161 g/mol. The van der Waals surface area contributed by atoms with Gasteiger partial charge in [0.2, 0.25) is 0 Å². The Hall–Kier alpha value is -0.570. The molecule has 68 valence electrons. The molecule has 0 saturated heterocycles. The lowest BCUT2D eigenvalue weighted by Gasteiger charge is -2.05. The number of hydrogen-bond donors (Lipinski definition) is 1. The maximum absolute atomic E-state index is 10.5. The second-order valence-electron chi connectivity index (χ2n) is 2.43. The summed E-state index contributed by atoms with van der Waals surface area (Å²) in [5.41, 5.74) is 0. The van der Waals surface area contributed by atoms with Gasteiger partial charge >= 0.3 is 5.97 Å². The predicted molar refractivity (Wildman–Crippen MR) is 46.5 cm³/mol. The van der Waals surface area contributed by atoms with Crippen LogP contribution in [0.3, 0.4) is 0 Å². The Bertz CT molecular complexity index is 102. The molecular formula is C8H19NO2. The van der Waals surface area contributed by atoms with E-state index in [1.165, 1.54) is 7.11 Å². The summed E-state index contributed by atoms with van der Waals surface area (Å²) in [6.45, 7) is 4.78. The summed E-state index contributed by atoms with van der Waals surface area (Å²) in [4.78, 5) is 10.5. The summed E-state index contributed by atoms with van der Waals surface area (Å²) in [6.07, 6.45) is 0.453. The molecule has 1 N–H and O–H groups in total. The van der Waals surface area contributed by atoms with E-state index in [9.17, 15) is 4.79 Å². The molecule has 11 heavy (non-hydrogen) atoms. The number of esters is 1. The molecule has 0 atom stereocenters. The van der Waals surface area contributed by atoms with Gasteiger partial charge < -0.3 is 10.1 Å². The highest BCUT2D eigenvalue weighted by molar-refractivity contribution is 5.69. The van der Waals surface area contributed by atoms with Crippen LogP contribution in [0.1, 0.15) is 27.7 Å². The molecule has 0 fully saturated rings. The van der Waals surface area contributed by atoms with Crippen LogP contribution in [0.4, 0.5) is 0 Å². The van der Waals surface area contributed by atoms with E-state index in [-0.39, 0.29) is 13.4 Å². The highest BCUT2D eigenvalue weighted by Crippen LogP contribution is 1.83. The van der Waals surface area contributed by atoms with Gasteiger partial charge in [-0.1, -0.05) is 21.3 Å². The van der Waals surface area contributed by atoms with Gasteiger partial charge in [0.25, 0.3) is 0 Å². The summed E-state index contributed by atoms with van der Waals surface area (Å²) in [5.74, 6) is -0.159. The summed E-state index contributed by atoms with van der Waals surface area (Å²) in [7, 11) is 1.40. The van der Waals surface area contributed by atoms with Crippen LogP contribution >= 0.6 is 0 Å². The van der Waals surface area contributed by atoms with Crippen molar-refractivity contribution in [2.24, 2.45) is 0 Å². The minimum absolute atomic E-state index is 0. The molecule has 0 saturated carbocycles. The average Bonchev–Trinajstić information content (AvgIpc) is 1.87. The second kappa shape index (κ2) is 7.54. The average molecular weight is 161 g/mol. The van der Waals surface area contributed by atoms with E-state index >= 15 is 0 Å². The molecular weight excluding hydrogens is 142 g/mol. The number of carbonyl (C=O) groups excluding carboxylic acids is 1. The van der Waals surface area contributed by atoms with Crippen LogP contribution in [0, 0.1) is 0 Å². The molecule has 0 aromatic rings. The Kier molecular flexibility index (Phi) is 8.94. The highest BCUT2D eigenvalue weighted by atomic mass is 16.5. The van der Waals surface area contributed by atoms with E-state index in [0.717, 1.165) is 0 Å². The number of ether oxygens (including phenoxy) is 1. The van der Waals surface area contributed by atoms with Gasteiger partial charge in [0.1, 0.15) is 0 Å². The Morgan fingerprint density at radius 1 is 1.55 bits per heavy atom. The first-order valence-electron chi connectivity index (χ1n) is 3.47. The Morgan fingerprint density at radius 3 is 2.45 bits per heavy atom. The molecule has 3 nitrogen and oxygen atoms in total. The maximum atomic E-state index is 10.5. The van der Waals surface area contributed by atoms with E-state index in [2.05, 4.69) is 10.1 Å². The third-order valence-corrected chi connectivity index (χ3v) is 1.11. The number of rotatable bonds is 4. The molecule has 0 rings (SSSR count). The SMILES string of the molecule is C.COC(=O)CCNC(C)C. The lowest BCUT2D eigenvalue weighted by molar-refractivity contribution is -0.140. The lowest BCUT2D eigenvalue weighted by Crippen LogP contribution is -2.25. The molecule has 0 unspecified atom stereocenters. The van der Waals surface area contributed by atoms with Crippen molar-refractivity contribution >= 4 is 5.97 Å². The van der Waals surface area contributed by atoms with Crippen molar-refractivity contribution in [1.82, 2.24) is 5.32 Å². The van der Waals surface area contributed by atoms with Crippen LogP contribution in [0.25, 0.3) is 0 Å². The summed E-state index contributed by atoms with van der Waals surface area (Å²) in [5, 5.41) is 3.11. The molecule has 0 aromatic carbocycles. The predicted octanol–water partition coefficient (Wildman–Crippen LogP) is 1.18. The van der Waals surface area contributed by atoms with Crippen LogP contribution in [0.15, 0.2) is 0 Å². The largest absolute Gasteiger partial charge is 0.469 e. The zero-order valence-corrected chi connectivity index (χ0v) is 6.81. The normalized spacial score (nSPS) is 9.09. The van der Waals surface area contributed by atoms with E-state index in [4.69, 9.17) is 0 Å². The fraction of sp³-hybridized carbons (Fsp3) is 0.875. The third-order valence-electron chi connectivity index (χ3n) is 1.11. The van der Waals surface area contributed by atoms with Crippen LogP contribution in [-0.4, -0.2) is 25.7 Å². The molecule has 0 aliphatic carbocycles. The number of nitrogens with one attached hydrogen (secondary N) is 1. The van der Waals surface area contributed by atoms with Crippen molar-refractivity contribution in [1.29, 1.82) is 0 Å². The first kappa shape index (κ1) is 13.1. The maximum Gasteiger partial charge on any atom is 0.306 e. The zero-order valence-electron chi connectivity index (χ0n) is 6.81. The van der Waals surface area contributed by atoms with E-state index < -0.39 is 0 Å². The van der Waals surface area contributed by atoms with Crippen molar-refractivity contribution in [3.8, 4) is 0 Å². The van der Waals surface area contributed by atoms with Crippen LogP contribution in [-0.2, 0) is 9.53 Å². The van der Waals surface area contributed by atoms with Crippen LogP contribution in [0.5, 0.6) is 0 Å². The first-order valence-corrected chi connectivity index (χ1v) is 3.47. The fourth-order valence-electron chi connectivity index (χ4n) is 0.565. The van der Waals surface area contributed by atoms with Crippen molar-refractivity contribution in [2.45, 2.75) is 33.7 Å². The van der Waals surface area contributed by atoms with Crippen molar-refractivity contribution in [3.05, 3.63) is 0 Å². The van der Waals surface area contributed by atoms with Gasteiger partial charge in [-0.2, -0.15) is 0 Å². The van der Waals surface area contributed by atoms with Crippen molar-refractivity contribution in [3.63, 3.8) is 0 Å². The first-order chi connectivity index (χ1) is 4.66. The molecule has 0 spiro atoms. The standard InChI is InChI=1S/C7H15NO2.CH4/c1-6(2)8-5-4-7(9)10-3;/h6,8H,4-5H2,1-3H3;1H4. The third kappa shape index (κ3) is 9.43. The number of carbonyl (C=O) groups is 1. The number of hydrogen-bond acceptors (Lipinski definition) is 3. The minimum atomic E-state index is -0.159. The highest BCUT2D eigenvalue weighted by Gasteiger charge is 1.98. The van der Waals surface area contributed by atoms with E-state index in [0.29, 0.717) is 19.0 Å². The molecule has 0 bridgehead atoms. The summed E-state index contributed by atoms with van der Waals surface area (Å²) >= 11 is 0. The van der Waals surface area contributed by atoms with Crippen LogP contribution in [0.2, 0.25) is 0 Å². The van der Waals surface area contributed by atoms with Gasteiger partial charge in [0, 0.05) is 12.6 Å². The van der Waals surface area contributed by atoms with Gasteiger partial charge in [-0.3, -0.25) is 4.79 Å². The summed E-state index contributed by atoms with van der Waals surface area (Å²) < 4.78 is 4.45. The van der Waals surface area contributed by atoms with E-state index in [1.54, 1.807) is 0 Å². The molecule has 3 heteroatoms. The quantitative estimate of drug-likeness (QED) is 0.629. The topological polar surface area (TPSA) is 38.3 Å². The molecule has 0 aliphatic heterocycles. The Labute approximate surface area is 69.1 Å². The molecule has 0 heterocycles. The van der Waals surface area contributed by atoms with Gasteiger partial charge in [-0.15, -0.1) is 0 Å². The molecule has 0 aromatic heterocycles. The van der Waals surface area contributed by atoms with Crippen LogP contribution < -0.4 is 5.32 Å². The molecule has 0 amide bonds. The smallest absolute Gasteiger partial charge is 0.306 e. The molecule has 0 radical (unpaired) electrons. The van der Waals surface area contributed by atoms with Crippen molar-refractivity contribution < 1.29 is 9.53 Å². The van der Waals surface area contributed by atoms with Gasteiger partial charge in [-0.25, -0.2) is 0 Å². The molecule has 0 aliphatic rings. The van der Waals surface area contributed by atoms with Gasteiger partial charge in [0.05, 0.1) is 13.5 Å². The van der Waals surface area contributed by atoms with E-state index in [1.807, 2.05) is 13.8 Å². The van der Waals surface area contributed by atoms with Crippen molar-refractivity contribution in [2.75, 3.05) is 13.7 Å². The summed E-state index contributed by atoms with van der Waals surface area (Å²) in [6, 6.07) is 0.435.